The van der Waals surface area contributed by atoms with E-state index in [4.69, 9.17) is 9.98 Å². The standard InChI is InChI=1S/C19H25N5/c1-13-5-6-16-17(11-13)24-12-14(2)15(3)20-19(24)18(21-16)23-9-7-22(4)8-10-23/h5-6,11-12,15H,7-10H2,1-4H3. The van der Waals surface area contributed by atoms with E-state index in [-0.39, 0.29) is 6.04 Å². The van der Waals surface area contributed by atoms with Crippen LogP contribution in [0.25, 0.3) is 0 Å². The first-order valence-electron chi connectivity index (χ1n) is 8.71. The number of likely N-dealkylation sites (N-methyl/N-ethyl adjacent to an activating group) is 1. The second kappa shape index (κ2) is 5.74. The molecule has 1 fully saturated rings. The largest absolute Gasteiger partial charge is 0.351 e. The molecule has 0 saturated carbocycles. The predicted molar refractivity (Wildman–Crippen MR) is 100 cm³/mol. The molecule has 0 N–H and O–H groups in total. The molecule has 0 aliphatic carbocycles. The molecule has 0 aromatic heterocycles. The van der Waals surface area contributed by atoms with E-state index < -0.39 is 0 Å². The molecular formula is C19H25N5. The Labute approximate surface area is 144 Å². The molecule has 1 saturated heterocycles. The SMILES string of the molecule is CC1=CN2C(=NC1C)C(N1CCN(C)CC1)=Nc1ccc(C)cc12. The van der Waals surface area contributed by atoms with Gasteiger partial charge < -0.3 is 9.80 Å². The lowest BCUT2D eigenvalue weighted by atomic mass is 10.1. The molecular weight excluding hydrogens is 298 g/mol. The lowest BCUT2D eigenvalue weighted by Crippen LogP contribution is -2.53. The van der Waals surface area contributed by atoms with E-state index in [9.17, 15) is 0 Å². The van der Waals surface area contributed by atoms with Gasteiger partial charge in [-0.2, -0.15) is 0 Å². The molecule has 0 radical (unpaired) electrons. The van der Waals surface area contributed by atoms with Crippen LogP contribution < -0.4 is 4.90 Å². The predicted octanol–water partition coefficient (Wildman–Crippen LogP) is 2.80. The minimum atomic E-state index is 0.209. The lowest BCUT2D eigenvalue weighted by molar-refractivity contribution is 0.217. The van der Waals surface area contributed by atoms with Gasteiger partial charge in [-0.25, -0.2) is 4.99 Å². The van der Waals surface area contributed by atoms with E-state index in [0.717, 1.165) is 49.2 Å². The van der Waals surface area contributed by atoms with Crippen LogP contribution in [0.15, 0.2) is 40.0 Å². The van der Waals surface area contributed by atoms with Gasteiger partial charge in [0.25, 0.3) is 0 Å². The van der Waals surface area contributed by atoms with Gasteiger partial charge in [0.15, 0.2) is 11.7 Å². The highest BCUT2D eigenvalue weighted by Crippen LogP contribution is 2.37. The summed E-state index contributed by atoms with van der Waals surface area (Å²) in [4.78, 5) is 17.0. The average Bonchev–Trinajstić information content (AvgIpc) is 2.57. The number of rotatable bonds is 0. The fraction of sp³-hybridized carbons (Fsp3) is 0.474. The second-order valence-electron chi connectivity index (χ2n) is 7.09. The quantitative estimate of drug-likeness (QED) is 0.736. The molecule has 1 unspecified atom stereocenters. The number of piperazine rings is 1. The van der Waals surface area contributed by atoms with Gasteiger partial charge in [0, 0.05) is 32.4 Å². The summed E-state index contributed by atoms with van der Waals surface area (Å²) in [6.07, 6.45) is 2.23. The first-order chi connectivity index (χ1) is 11.5. The molecule has 24 heavy (non-hydrogen) atoms. The van der Waals surface area contributed by atoms with Gasteiger partial charge in [0.1, 0.15) is 0 Å². The van der Waals surface area contributed by atoms with Crippen LogP contribution in [-0.2, 0) is 0 Å². The summed E-state index contributed by atoms with van der Waals surface area (Å²) < 4.78 is 0. The molecule has 5 nitrogen and oxygen atoms in total. The third kappa shape index (κ3) is 2.53. The van der Waals surface area contributed by atoms with Crippen molar-refractivity contribution in [3.8, 4) is 0 Å². The summed E-state index contributed by atoms with van der Waals surface area (Å²) in [6, 6.07) is 6.67. The molecule has 1 aromatic rings. The molecule has 3 aliphatic heterocycles. The van der Waals surface area contributed by atoms with Gasteiger partial charge in [-0.15, -0.1) is 0 Å². The van der Waals surface area contributed by atoms with Crippen LogP contribution in [0.4, 0.5) is 11.4 Å². The number of anilines is 1. The average molecular weight is 323 g/mol. The Morgan fingerprint density at radius 3 is 2.54 bits per heavy atom. The highest BCUT2D eigenvalue weighted by atomic mass is 15.3. The Bertz CT molecular complexity index is 753. The number of benzene rings is 1. The number of hydrogen-bond donors (Lipinski definition) is 0. The van der Waals surface area contributed by atoms with Gasteiger partial charge in [0.2, 0.25) is 0 Å². The maximum absolute atomic E-state index is 5.00. The third-order valence-corrected chi connectivity index (χ3v) is 5.16. The minimum absolute atomic E-state index is 0.209. The van der Waals surface area contributed by atoms with Crippen molar-refractivity contribution in [1.29, 1.82) is 0 Å². The molecule has 1 atom stereocenters. The fourth-order valence-electron chi connectivity index (χ4n) is 3.38. The molecule has 0 bridgehead atoms. The smallest absolute Gasteiger partial charge is 0.176 e. The van der Waals surface area contributed by atoms with E-state index in [0.29, 0.717) is 0 Å². The van der Waals surface area contributed by atoms with Crippen molar-refractivity contribution >= 4 is 23.0 Å². The number of hydrogen-bond acceptors (Lipinski definition) is 5. The normalized spacial score (nSPS) is 24.0. The zero-order chi connectivity index (χ0) is 16.8. The number of nitrogens with zero attached hydrogens (tertiary/aromatic N) is 5. The van der Waals surface area contributed by atoms with E-state index >= 15 is 0 Å². The van der Waals surface area contributed by atoms with Crippen molar-refractivity contribution in [2.45, 2.75) is 26.8 Å². The first-order valence-corrected chi connectivity index (χ1v) is 8.71. The third-order valence-electron chi connectivity index (χ3n) is 5.16. The summed E-state index contributed by atoms with van der Waals surface area (Å²) in [5.74, 6) is 2.02. The zero-order valence-electron chi connectivity index (χ0n) is 15.0. The van der Waals surface area contributed by atoms with Crippen molar-refractivity contribution in [3.05, 3.63) is 35.5 Å². The molecule has 3 heterocycles. The topological polar surface area (TPSA) is 34.4 Å². The summed E-state index contributed by atoms with van der Waals surface area (Å²) >= 11 is 0. The molecule has 3 aliphatic rings. The zero-order valence-corrected chi connectivity index (χ0v) is 15.0. The summed E-state index contributed by atoms with van der Waals surface area (Å²) in [5, 5.41) is 0. The van der Waals surface area contributed by atoms with E-state index in [1.807, 2.05) is 0 Å². The number of fused-ring (bicyclic) bond motifs is 3. The van der Waals surface area contributed by atoms with Crippen LogP contribution in [0.5, 0.6) is 0 Å². The van der Waals surface area contributed by atoms with Crippen LogP contribution in [0.3, 0.4) is 0 Å². The maximum atomic E-state index is 5.00. The Morgan fingerprint density at radius 1 is 1.04 bits per heavy atom. The van der Waals surface area contributed by atoms with Crippen LogP contribution in [0, 0.1) is 6.92 Å². The van der Waals surface area contributed by atoms with Gasteiger partial charge in [0.05, 0.1) is 17.4 Å². The maximum Gasteiger partial charge on any atom is 0.176 e. The summed E-state index contributed by atoms with van der Waals surface area (Å²) in [6.45, 7) is 10.6. The van der Waals surface area contributed by atoms with Crippen LogP contribution in [0.2, 0.25) is 0 Å². The minimum Gasteiger partial charge on any atom is -0.351 e. The molecule has 4 rings (SSSR count). The van der Waals surface area contributed by atoms with Crippen LogP contribution in [-0.4, -0.2) is 60.7 Å². The van der Waals surface area contributed by atoms with Crippen LogP contribution in [0.1, 0.15) is 19.4 Å². The monoisotopic (exact) mass is 323 g/mol. The molecule has 5 heteroatoms. The molecule has 0 spiro atoms. The van der Waals surface area contributed by atoms with Crippen molar-refractivity contribution < 1.29 is 0 Å². The van der Waals surface area contributed by atoms with Crippen molar-refractivity contribution in [2.24, 2.45) is 9.98 Å². The Balaban J connectivity index is 1.81. The van der Waals surface area contributed by atoms with Gasteiger partial charge in [-0.3, -0.25) is 9.89 Å². The Hall–Kier alpha value is -2.14. The van der Waals surface area contributed by atoms with Gasteiger partial charge in [-0.1, -0.05) is 6.07 Å². The van der Waals surface area contributed by atoms with Crippen molar-refractivity contribution in [1.82, 2.24) is 9.80 Å². The van der Waals surface area contributed by atoms with Gasteiger partial charge in [-0.05, 0) is 51.1 Å². The first kappa shape index (κ1) is 15.4. The van der Waals surface area contributed by atoms with Gasteiger partial charge >= 0.3 is 0 Å². The van der Waals surface area contributed by atoms with Crippen molar-refractivity contribution in [3.63, 3.8) is 0 Å². The number of aryl methyl sites for hydroxylation is 1. The highest BCUT2D eigenvalue weighted by molar-refractivity contribution is 6.48. The second-order valence-corrected chi connectivity index (χ2v) is 7.09. The van der Waals surface area contributed by atoms with E-state index in [1.165, 1.54) is 11.1 Å². The lowest BCUT2D eigenvalue weighted by Gasteiger charge is -2.40. The molecule has 0 amide bonds. The highest BCUT2D eigenvalue weighted by Gasteiger charge is 2.33. The Morgan fingerprint density at radius 2 is 1.79 bits per heavy atom. The van der Waals surface area contributed by atoms with E-state index in [1.54, 1.807) is 0 Å². The summed E-state index contributed by atoms with van der Waals surface area (Å²) in [5.41, 5.74) is 4.70. The molecule has 1 aromatic carbocycles. The fourth-order valence-corrected chi connectivity index (χ4v) is 3.38. The Kier molecular flexibility index (Phi) is 3.68. The number of aliphatic imine (C=N–C) groups is 2. The summed E-state index contributed by atoms with van der Waals surface area (Å²) in [7, 11) is 2.18. The molecule has 126 valence electrons. The van der Waals surface area contributed by atoms with Crippen LogP contribution >= 0.6 is 0 Å². The number of amidine groups is 2. The van der Waals surface area contributed by atoms with E-state index in [2.05, 4.69) is 66.9 Å². The van der Waals surface area contributed by atoms with Crippen molar-refractivity contribution in [2.75, 3.05) is 38.1 Å².